The molecule has 0 spiro atoms. The van der Waals surface area contributed by atoms with Crippen LogP contribution in [0.1, 0.15) is 22.0 Å². The van der Waals surface area contributed by atoms with Crippen LogP contribution in [0, 0.1) is 0 Å². The van der Waals surface area contributed by atoms with Crippen LogP contribution in [0.3, 0.4) is 0 Å². The van der Waals surface area contributed by atoms with Gasteiger partial charge in [-0.25, -0.2) is 4.79 Å². The van der Waals surface area contributed by atoms with Crippen LogP contribution in [0.25, 0.3) is 0 Å². The van der Waals surface area contributed by atoms with Crippen LogP contribution < -0.4 is 14.2 Å². The summed E-state index contributed by atoms with van der Waals surface area (Å²) < 4.78 is 21.1. The lowest BCUT2D eigenvalue weighted by Gasteiger charge is -2.38. The number of hydrogen-bond donors (Lipinski definition) is 0. The van der Waals surface area contributed by atoms with Crippen LogP contribution in [0.15, 0.2) is 36.4 Å². The van der Waals surface area contributed by atoms with E-state index >= 15 is 0 Å². The highest BCUT2D eigenvalue weighted by molar-refractivity contribution is 6.31. The third-order valence-corrected chi connectivity index (χ3v) is 5.85. The predicted octanol–water partition coefficient (Wildman–Crippen LogP) is 3.04. The molecule has 0 radical (unpaired) electrons. The van der Waals surface area contributed by atoms with Crippen molar-refractivity contribution in [3.8, 4) is 17.2 Å². The molecule has 0 N–H and O–H groups in total. The molecule has 172 valence electrons. The van der Waals surface area contributed by atoms with Crippen molar-refractivity contribution in [3.63, 3.8) is 0 Å². The van der Waals surface area contributed by atoms with Crippen molar-refractivity contribution in [1.29, 1.82) is 0 Å². The maximum atomic E-state index is 13.2. The molecule has 0 bridgehead atoms. The zero-order chi connectivity index (χ0) is 23.3. The van der Waals surface area contributed by atoms with Crippen LogP contribution in [0.2, 0.25) is 5.02 Å². The standard InChI is InChI=1S/C23H27ClN2O6/c1-29-18-13-15(14-19(30-2)21(18)31-3)22(27)26-11-9-25(10-12-26)20(23(28)32-4)16-7-5-6-8-17(16)24/h5-8,13-14,20H,9-12H2,1-4H3/t20-/m1/s1. The zero-order valence-corrected chi connectivity index (χ0v) is 19.3. The maximum absolute atomic E-state index is 13.2. The SMILES string of the molecule is COC(=O)[C@@H](c1ccccc1Cl)N1CCN(C(=O)c2cc(OC)c(OC)c(OC)c2)CC1. The second-order valence-electron chi connectivity index (χ2n) is 7.19. The highest BCUT2D eigenvalue weighted by atomic mass is 35.5. The van der Waals surface area contributed by atoms with Gasteiger partial charge in [0.05, 0.1) is 28.4 Å². The second kappa shape index (κ2) is 10.6. The molecular formula is C23H27ClN2O6. The van der Waals surface area contributed by atoms with Crippen LogP contribution in [-0.4, -0.2) is 76.3 Å². The fourth-order valence-corrected chi connectivity index (χ4v) is 4.09. The molecule has 1 aliphatic rings. The average molecular weight is 463 g/mol. The summed E-state index contributed by atoms with van der Waals surface area (Å²) in [6, 6.07) is 9.85. The van der Waals surface area contributed by atoms with E-state index in [1.54, 1.807) is 23.1 Å². The average Bonchev–Trinajstić information content (AvgIpc) is 2.84. The molecule has 9 heteroatoms. The number of carbonyl (C=O) groups is 2. The Morgan fingerprint density at radius 1 is 0.906 bits per heavy atom. The molecule has 1 atom stereocenters. The molecule has 0 saturated carbocycles. The second-order valence-corrected chi connectivity index (χ2v) is 7.60. The summed E-state index contributed by atoms with van der Waals surface area (Å²) in [5.74, 6) is 0.715. The van der Waals surface area contributed by atoms with E-state index in [0.29, 0.717) is 59.6 Å². The van der Waals surface area contributed by atoms with Crippen molar-refractivity contribution in [2.75, 3.05) is 54.6 Å². The number of hydrogen-bond acceptors (Lipinski definition) is 7. The zero-order valence-electron chi connectivity index (χ0n) is 18.6. The highest BCUT2D eigenvalue weighted by Crippen LogP contribution is 2.38. The van der Waals surface area contributed by atoms with E-state index < -0.39 is 6.04 Å². The summed E-state index contributed by atoms with van der Waals surface area (Å²) >= 11 is 6.35. The minimum absolute atomic E-state index is 0.156. The summed E-state index contributed by atoms with van der Waals surface area (Å²) in [5.41, 5.74) is 1.12. The van der Waals surface area contributed by atoms with E-state index in [2.05, 4.69) is 0 Å². The molecule has 2 aromatic carbocycles. The molecule has 1 amide bonds. The monoisotopic (exact) mass is 462 g/mol. The van der Waals surface area contributed by atoms with Gasteiger partial charge in [-0.1, -0.05) is 29.8 Å². The lowest BCUT2D eigenvalue weighted by Crippen LogP contribution is -2.51. The predicted molar refractivity (Wildman–Crippen MR) is 120 cm³/mol. The first kappa shape index (κ1) is 23.7. The molecule has 1 aliphatic heterocycles. The number of ether oxygens (including phenoxy) is 4. The minimum Gasteiger partial charge on any atom is -0.493 e. The number of rotatable bonds is 7. The minimum atomic E-state index is -0.632. The van der Waals surface area contributed by atoms with Gasteiger partial charge in [-0.05, 0) is 23.8 Å². The Bertz CT molecular complexity index is 950. The molecule has 3 rings (SSSR count). The summed E-state index contributed by atoms with van der Waals surface area (Å²) in [6.07, 6.45) is 0. The number of piperazine rings is 1. The van der Waals surface area contributed by atoms with Crippen LogP contribution in [-0.2, 0) is 9.53 Å². The maximum Gasteiger partial charge on any atom is 0.327 e. The summed E-state index contributed by atoms with van der Waals surface area (Å²) in [7, 11) is 5.88. The van der Waals surface area contributed by atoms with E-state index in [0.717, 1.165) is 0 Å². The Hall–Kier alpha value is -2.97. The molecule has 1 heterocycles. The van der Waals surface area contributed by atoms with Gasteiger partial charge in [0.1, 0.15) is 6.04 Å². The first-order valence-corrected chi connectivity index (χ1v) is 10.5. The van der Waals surface area contributed by atoms with Gasteiger partial charge in [-0.3, -0.25) is 9.69 Å². The van der Waals surface area contributed by atoms with Gasteiger partial charge in [0, 0.05) is 36.8 Å². The smallest absolute Gasteiger partial charge is 0.327 e. The van der Waals surface area contributed by atoms with Crippen molar-refractivity contribution >= 4 is 23.5 Å². The van der Waals surface area contributed by atoms with E-state index in [9.17, 15) is 9.59 Å². The molecular weight excluding hydrogens is 436 g/mol. The first-order valence-electron chi connectivity index (χ1n) is 10.1. The molecule has 2 aromatic rings. The van der Waals surface area contributed by atoms with Gasteiger partial charge in [-0.15, -0.1) is 0 Å². The molecule has 0 aromatic heterocycles. The third kappa shape index (κ3) is 4.76. The Morgan fingerprint density at radius 2 is 1.50 bits per heavy atom. The molecule has 1 fully saturated rings. The fourth-order valence-electron chi connectivity index (χ4n) is 3.85. The number of benzene rings is 2. The van der Waals surface area contributed by atoms with Crippen LogP contribution in [0.5, 0.6) is 17.2 Å². The van der Waals surface area contributed by atoms with Crippen molar-refractivity contribution in [1.82, 2.24) is 9.80 Å². The van der Waals surface area contributed by atoms with Gasteiger partial charge in [0.15, 0.2) is 11.5 Å². The van der Waals surface area contributed by atoms with E-state index in [-0.39, 0.29) is 11.9 Å². The van der Waals surface area contributed by atoms with Crippen molar-refractivity contribution in [3.05, 3.63) is 52.5 Å². The third-order valence-electron chi connectivity index (χ3n) is 5.50. The normalized spacial score (nSPS) is 15.1. The van der Waals surface area contributed by atoms with Gasteiger partial charge < -0.3 is 23.8 Å². The van der Waals surface area contributed by atoms with Crippen molar-refractivity contribution in [2.45, 2.75) is 6.04 Å². The van der Waals surface area contributed by atoms with Crippen LogP contribution >= 0.6 is 11.6 Å². The first-order chi connectivity index (χ1) is 15.4. The van der Waals surface area contributed by atoms with Crippen molar-refractivity contribution < 1.29 is 28.5 Å². The summed E-state index contributed by atoms with van der Waals surface area (Å²) in [4.78, 5) is 29.4. The Kier molecular flexibility index (Phi) is 7.82. The highest BCUT2D eigenvalue weighted by Gasteiger charge is 2.34. The van der Waals surface area contributed by atoms with Crippen LogP contribution in [0.4, 0.5) is 0 Å². The Labute approximate surface area is 192 Å². The Morgan fingerprint density at radius 3 is 2.00 bits per heavy atom. The fraction of sp³-hybridized carbons (Fsp3) is 0.391. The number of carbonyl (C=O) groups excluding carboxylic acids is 2. The summed E-state index contributed by atoms with van der Waals surface area (Å²) in [5, 5.41) is 0.499. The largest absolute Gasteiger partial charge is 0.493 e. The molecule has 32 heavy (non-hydrogen) atoms. The van der Waals surface area contributed by atoms with E-state index in [1.807, 2.05) is 23.1 Å². The van der Waals surface area contributed by atoms with Gasteiger partial charge in [0.2, 0.25) is 5.75 Å². The number of methoxy groups -OCH3 is 4. The number of nitrogens with zero attached hydrogens (tertiary/aromatic N) is 2. The number of amides is 1. The summed E-state index contributed by atoms with van der Waals surface area (Å²) in [6.45, 7) is 1.85. The number of esters is 1. The Balaban J connectivity index is 1.78. The topological polar surface area (TPSA) is 77.5 Å². The van der Waals surface area contributed by atoms with Crippen molar-refractivity contribution in [2.24, 2.45) is 0 Å². The molecule has 1 saturated heterocycles. The van der Waals surface area contributed by atoms with Gasteiger partial charge >= 0.3 is 5.97 Å². The number of halogens is 1. The van der Waals surface area contributed by atoms with E-state index in [4.69, 9.17) is 30.5 Å². The molecule has 0 unspecified atom stereocenters. The molecule has 8 nitrogen and oxygen atoms in total. The van der Waals surface area contributed by atoms with Gasteiger partial charge in [-0.2, -0.15) is 0 Å². The quantitative estimate of drug-likeness (QED) is 0.585. The van der Waals surface area contributed by atoms with E-state index in [1.165, 1.54) is 28.4 Å². The molecule has 0 aliphatic carbocycles. The lowest BCUT2D eigenvalue weighted by atomic mass is 10.0. The lowest BCUT2D eigenvalue weighted by molar-refractivity contribution is -0.148. The van der Waals surface area contributed by atoms with Gasteiger partial charge in [0.25, 0.3) is 5.91 Å².